The quantitative estimate of drug-likeness (QED) is 0.672. The van der Waals surface area contributed by atoms with Gasteiger partial charge < -0.3 is 9.64 Å². The van der Waals surface area contributed by atoms with Crippen LogP contribution in [0, 0.1) is 6.92 Å². The van der Waals surface area contributed by atoms with Gasteiger partial charge in [0.25, 0.3) is 0 Å². The first-order valence-corrected chi connectivity index (χ1v) is 8.97. The molecule has 0 amide bonds. The van der Waals surface area contributed by atoms with E-state index in [-0.39, 0.29) is 12.2 Å². The summed E-state index contributed by atoms with van der Waals surface area (Å²) in [6, 6.07) is 19.3. The molecule has 3 aromatic rings. The van der Waals surface area contributed by atoms with Crippen LogP contribution in [-0.4, -0.2) is 30.3 Å². The highest BCUT2D eigenvalue weighted by atomic mass is 16.5. The number of ether oxygens (including phenoxy) is 1. The molecule has 0 radical (unpaired) electrons. The van der Waals surface area contributed by atoms with Crippen LogP contribution in [0.2, 0.25) is 0 Å². The van der Waals surface area contributed by atoms with Crippen molar-refractivity contribution >= 4 is 16.7 Å². The largest absolute Gasteiger partial charge is 0.372 e. The van der Waals surface area contributed by atoms with Gasteiger partial charge in [-0.05, 0) is 38.5 Å². The molecule has 3 nitrogen and oxygen atoms in total. The minimum absolute atomic E-state index is 0.211. The zero-order valence-electron chi connectivity index (χ0n) is 15.1. The normalized spacial score (nSPS) is 20.8. The Labute approximate surface area is 149 Å². The Morgan fingerprint density at radius 3 is 2.36 bits per heavy atom. The highest BCUT2D eigenvalue weighted by molar-refractivity contribution is 5.89. The van der Waals surface area contributed by atoms with E-state index < -0.39 is 0 Å². The van der Waals surface area contributed by atoms with E-state index in [1.54, 1.807) is 0 Å². The second kappa shape index (κ2) is 6.49. The number of aromatic nitrogens is 1. The fourth-order valence-electron chi connectivity index (χ4n) is 3.64. The van der Waals surface area contributed by atoms with E-state index in [1.165, 1.54) is 22.1 Å². The molecule has 0 aliphatic carbocycles. The number of para-hydroxylation sites is 1. The van der Waals surface area contributed by atoms with Gasteiger partial charge in [-0.1, -0.05) is 48.0 Å². The Morgan fingerprint density at radius 1 is 0.960 bits per heavy atom. The smallest absolute Gasteiger partial charge is 0.137 e. The number of fused-ring (bicyclic) bond motifs is 1. The summed E-state index contributed by atoms with van der Waals surface area (Å²) in [6.45, 7) is 8.13. The molecule has 0 spiro atoms. The summed E-state index contributed by atoms with van der Waals surface area (Å²) in [6.07, 6.45) is 0.422. The Kier molecular flexibility index (Phi) is 4.18. The van der Waals surface area contributed by atoms with Gasteiger partial charge in [0.15, 0.2) is 0 Å². The van der Waals surface area contributed by atoms with Crippen molar-refractivity contribution in [3.8, 4) is 11.1 Å². The molecule has 2 heterocycles. The number of pyridine rings is 1. The van der Waals surface area contributed by atoms with Crippen LogP contribution >= 0.6 is 0 Å². The van der Waals surface area contributed by atoms with Gasteiger partial charge >= 0.3 is 0 Å². The van der Waals surface area contributed by atoms with E-state index in [4.69, 9.17) is 9.72 Å². The van der Waals surface area contributed by atoms with Crippen molar-refractivity contribution in [2.75, 3.05) is 18.0 Å². The monoisotopic (exact) mass is 332 g/mol. The predicted octanol–water partition coefficient (Wildman–Crippen LogP) is 4.82. The third-order valence-electron chi connectivity index (χ3n) is 4.79. The third-order valence-corrected chi connectivity index (χ3v) is 4.79. The fraction of sp³-hybridized carbons (Fsp3) is 0.318. The lowest BCUT2D eigenvalue weighted by molar-refractivity contribution is -0.00540. The molecule has 4 rings (SSSR count). The van der Waals surface area contributed by atoms with E-state index in [1.807, 2.05) is 0 Å². The van der Waals surface area contributed by atoms with E-state index in [2.05, 4.69) is 80.3 Å². The summed E-state index contributed by atoms with van der Waals surface area (Å²) < 4.78 is 5.92. The highest BCUT2D eigenvalue weighted by Crippen LogP contribution is 2.34. The van der Waals surface area contributed by atoms with Gasteiger partial charge in [0.2, 0.25) is 0 Å². The Balaban J connectivity index is 1.88. The van der Waals surface area contributed by atoms with E-state index in [0.717, 1.165) is 24.4 Å². The second-order valence-corrected chi connectivity index (χ2v) is 7.08. The molecule has 0 saturated carbocycles. The van der Waals surface area contributed by atoms with Gasteiger partial charge in [-0.2, -0.15) is 0 Å². The third kappa shape index (κ3) is 3.24. The topological polar surface area (TPSA) is 25.4 Å². The van der Waals surface area contributed by atoms with Crippen LogP contribution in [0.5, 0.6) is 0 Å². The number of benzene rings is 2. The van der Waals surface area contributed by atoms with Crippen molar-refractivity contribution in [1.29, 1.82) is 0 Å². The van der Waals surface area contributed by atoms with Crippen molar-refractivity contribution in [2.24, 2.45) is 0 Å². The van der Waals surface area contributed by atoms with Gasteiger partial charge in [0.1, 0.15) is 5.82 Å². The first-order chi connectivity index (χ1) is 12.1. The van der Waals surface area contributed by atoms with Crippen molar-refractivity contribution in [1.82, 2.24) is 4.98 Å². The lowest BCUT2D eigenvalue weighted by atomic mass is 10.0. The number of rotatable bonds is 2. The van der Waals surface area contributed by atoms with Crippen molar-refractivity contribution in [2.45, 2.75) is 33.0 Å². The first kappa shape index (κ1) is 16.1. The molecule has 2 atom stereocenters. The van der Waals surface area contributed by atoms with Gasteiger partial charge in [-0.25, -0.2) is 4.98 Å². The van der Waals surface area contributed by atoms with Crippen molar-refractivity contribution < 1.29 is 4.74 Å². The molecular formula is C22H24N2O. The Bertz CT molecular complexity index is 878. The van der Waals surface area contributed by atoms with Crippen LogP contribution in [0.25, 0.3) is 22.0 Å². The standard InChI is InChI=1S/C22H24N2O/c1-15-8-10-18(11-9-15)20-12-19-6-4-5-7-21(19)23-22(20)24-13-16(2)25-17(3)14-24/h4-12,16-17H,13-14H2,1-3H3/t16-,17-/m1/s1. The molecule has 0 bridgehead atoms. The number of nitrogens with zero attached hydrogens (tertiary/aromatic N) is 2. The minimum atomic E-state index is 0.211. The summed E-state index contributed by atoms with van der Waals surface area (Å²) >= 11 is 0. The van der Waals surface area contributed by atoms with E-state index in [9.17, 15) is 0 Å². The van der Waals surface area contributed by atoms with Crippen LogP contribution in [0.15, 0.2) is 54.6 Å². The lowest BCUT2D eigenvalue weighted by Gasteiger charge is -2.37. The van der Waals surface area contributed by atoms with Crippen LogP contribution in [0.3, 0.4) is 0 Å². The molecule has 3 heteroatoms. The van der Waals surface area contributed by atoms with Gasteiger partial charge in [0, 0.05) is 24.0 Å². The highest BCUT2D eigenvalue weighted by Gasteiger charge is 2.25. The molecule has 0 N–H and O–H groups in total. The van der Waals surface area contributed by atoms with Crippen LogP contribution in [0.4, 0.5) is 5.82 Å². The molecule has 128 valence electrons. The number of hydrogen-bond donors (Lipinski definition) is 0. The van der Waals surface area contributed by atoms with Gasteiger partial charge in [-0.3, -0.25) is 0 Å². The molecule has 0 unspecified atom stereocenters. The van der Waals surface area contributed by atoms with E-state index >= 15 is 0 Å². The first-order valence-electron chi connectivity index (χ1n) is 8.97. The second-order valence-electron chi connectivity index (χ2n) is 7.08. The zero-order chi connectivity index (χ0) is 17.4. The zero-order valence-corrected chi connectivity index (χ0v) is 15.1. The Hall–Kier alpha value is -2.39. The molecule has 25 heavy (non-hydrogen) atoms. The summed E-state index contributed by atoms with van der Waals surface area (Å²) in [5, 5.41) is 1.18. The molecule has 1 fully saturated rings. The van der Waals surface area contributed by atoms with Crippen molar-refractivity contribution in [3.63, 3.8) is 0 Å². The average molecular weight is 332 g/mol. The molecule has 1 aliphatic rings. The molecule has 1 saturated heterocycles. The number of aryl methyl sites for hydroxylation is 1. The maximum absolute atomic E-state index is 5.92. The fourth-order valence-corrected chi connectivity index (χ4v) is 3.64. The van der Waals surface area contributed by atoms with Crippen molar-refractivity contribution in [3.05, 3.63) is 60.2 Å². The SMILES string of the molecule is Cc1ccc(-c2cc3ccccc3nc2N2C[C@@H](C)O[C@H](C)C2)cc1. The van der Waals surface area contributed by atoms with Gasteiger partial charge in [-0.15, -0.1) is 0 Å². The van der Waals surface area contributed by atoms with E-state index in [0.29, 0.717) is 0 Å². The van der Waals surface area contributed by atoms with Crippen LogP contribution in [-0.2, 0) is 4.74 Å². The molecule has 2 aromatic carbocycles. The Morgan fingerprint density at radius 2 is 1.64 bits per heavy atom. The van der Waals surface area contributed by atoms with Gasteiger partial charge in [0.05, 0.1) is 17.7 Å². The molecular weight excluding hydrogens is 308 g/mol. The predicted molar refractivity (Wildman–Crippen MR) is 104 cm³/mol. The average Bonchev–Trinajstić information content (AvgIpc) is 2.60. The molecule has 1 aromatic heterocycles. The summed E-state index contributed by atoms with van der Waals surface area (Å²) in [7, 11) is 0. The summed E-state index contributed by atoms with van der Waals surface area (Å²) in [5.74, 6) is 1.06. The lowest BCUT2D eigenvalue weighted by Crippen LogP contribution is -2.46. The minimum Gasteiger partial charge on any atom is -0.372 e. The van der Waals surface area contributed by atoms with Crippen LogP contribution in [0.1, 0.15) is 19.4 Å². The number of hydrogen-bond acceptors (Lipinski definition) is 3. The number of anilines is 1. The maximum atomic E-state index is 5.92. The summed E-state index contributed by atoms with van der Waals surface area (Å²) in [5.41, 5.74) is 4.72. The summed E-state index contributed by atoms with van der Waals surface area (Å²) in [4.78, 5) is 7.41. The maximum Gasteiger partial charge on any atom is 0.137 e. The number of morpholine rings is 1. The molecule has 1 aliphatic heterocycles. The van der Waals surface area contributed by atoms with Crippen LogP contribution < -0.4 is 4.90 Å².